The number of halogens is 6. The van der Waals surface area contributed by atoms with E-state index in [1.807, 2.05) is 0 Å². The molecule has 4 rings (SSSR count). The fraction of sp³-hybridized carbons (Fsp3) is 0.261. The number of aromatic nitrogens is 2. The molecule has 0 unspecified atom stereocenters. The number of aliphatic hydroxyl groups excluding tert-OH is 1. The normalized spacial score (nSPS) is 15.4. The molecule has 1 fully saturated rings. The number of aliphatic hydroxyl groups is 1. The second kappa shape index (κ2) is 8.93. The highest BCUT2D eigenvalue weighted by Gasteiger charge is 2.47. The first-order chi connectivity index (χ1) is 16.4. The van der Waals surface area contributed by atoms with Crippen LogP contribution in [-0.4, -0.2) is 34.2 Å². The molecule has 2 N–H and O–H groups in total. The lowest BCUT2D eigenvalue weighted by atomic mass is 9.77. The molecule has 0 saturated carbocycles. The van der Waals surface area contributed by atoms with E-state index in [2.05, 4.69) is 15.3 Å². The van der Waals surface area contributed by atoms with Gasteiger partial charge in [-0.1, -0.05) is 24.3 Å². The Bertz CT molecular complexity index is 1220. The maximum atomic E-state index is 13.0. The molecule has 1 aliphatic heterocycles. The summed E-state index contributed by atoms with van der Waals surface area (Å²) in [6, 6.07) is 8.97. The third-order valence-electron chi connectivity index (χ3n) is 5.64. The van der Waals surface area contributed by atoms with Gasteiger partial charge in [0, 0.05) is 11.8 Å². The highest BCUT2D eigenvalue weighted by atomic mass is 19.4. The minimum Gasteiger partial charge on any atom is -0.392 e. The first kappa shape index (κ1) is 24.6. The summed E-state index contributed by atoms with van der Waals surface area (Å²) in [4.78, 5) is 19.7. The molecule has 0 aliphatic carbocycles. The number of benzene rings is 1. The molecule has 35 heavy (non-hydrogen) atoms. The Kier molecular flexibility index (Phi) is 6.28. The van der Waals surface area contributed by atoms with Gasteiger partial charge in [-0.15, -0.1) is 0 Å². The number of ether oxygens (including phenoxy) is 1. The van der Waals surface area contributed by atoms with Crippen LogP contribution in [-0.2, 0) is 33.9 Å². The quantitative estimate of drug-likeness (QED) is 0.505. The highest BCUT2D eigenvalue weighted by Crippen LogP contribution is 2.37. The van der Waals surface area contributed by atoms with Gasteiger partial charge in [0.15, 0.2) is 0 Å². The molecule has 3 heterocycles. The van der Waals surface area contributed by atoms with Crippen molar-refractivity contribution in [3.63, 3.8) is 0 Å². The number of nitrogens with zero attached hydrogens (tertiary/aromatic N) is 2. The molecular formula is C23H17F6N3O3. The van der Waals surface area contributed by atoms with Crippen LogP contribution in [0.15, 0.2) is 54.9 Å². The first-order valence-corrected chi connectivity index (χ1v) is 10.1. The summed E-state index contributed by atoms with van der Waals surface area (Å²) in [6.45, 7) is -0.587. The summed E-state index contributed by atoms with van der Waals surface area (Å²) in [5.41, 5.74) is -1.90. The summed E-state index contributed by atoms with van der Waals surface area (Å²) in [7, 11) is 0. The number of carbonyl (C=O) groups is 1. The highest BCUT2D eigenvalue weighted by molar-refractivity contribution is 6.00. The van der Waals surface area contributed by atoms with Crippen LogP contribution >= 0.6 is 0 Å². The Hall–Kier alpha value is -3.51. The Morgan fingerprint density at radius 2 is 1.57 bits per heavy atom. The maximum Gasteiger partial charge on any atom is 0.433 e. The van der Waals surface area contributed by atoms with Gasteiger partial charge in [0.05, 0.1) is 31.7 Å². The number of carbonyl (C=O) groups excluding carboxylic acids is 1. The van der Waals surface area contributed by atoms with Crippen LogP contribution in [0.3, 0.4) is 0 Å². The average molecular weight is 497 g/mol. The lowest BCUT2D eigenvalue weighted by Crippen LogP contribution is -2.55. The molecular weight excluding hydrogens is 480 g/mol. The van der Waals surface area contributed by atoms with E-state index in [1.165, 1.54) is 0 Å². The van der Waals surface area contributed by atoms with Crippen LogP contribution in [0.5, 0.6) is 0 Å². The molecule has 2 aromatic heterocycles. The number of nitrogens with one attached hydrogen (secondary N) is 1. The molecule has 1 amide bonds. The van der Waals surface area contributed by atoms with Crippen molar-refractivity contribution < 1.29 is 41.0 Å². The number of pyridine rings is 2. The molecule has 0 radical (unpaired) electrons. The Morgan fingerprint density at radius 1 is 0.943 bits per heavy atom. The van der Waals surface area contributed by atoms with Crippen LogP contribution in [0, 0.1) is 0 Å². The van der Waals surface area contributed by atoms with Gasteiger partial charge in [-0.25, -0.2) is 4.98 Å². The number of hydrogen-bond acceptors (Lipinski definition) is 5. The van der Waals surface area contributed by atoms with Gasteiger partial charge in [-0.2, -0.15) is 26.3 Å². The van der Waals surface area contributed by atoms with E-state index in [9.17, 15) is 36.2 Å². The zero-order valence-corrected chi connectivity index (χ0v) is 17.7. The molecule has 0 atom stereocenters. The van der Waals surface area contributed by atoms with E-state index in [0.717, 1.165) is 30.6 Å². The van der Waals surface area contributed by atoms with Crippen molar-refractivity contribution in [1.29, 1.82) is 0 Å². The van der Waals surface area contributed by atoms with Crippen LogP contribution in [0.4, 0.5) is 32.0 Å². The molecule has 0 bridgehead atoms. The molecule has 12 heteroatoms. The lowest BCUT2D eigenvalue weighted by Gasteiger charge is -2.40. The van der Waals surface area contributed by atoms with Crippen LogP contribution in [0.2, 0.25) is 0 Å². The van der Waals surface area contributed by atoms with Gasteiger partial charge >= 0.3 is 12.4 Å². The summed E-state index contributed by atoms with van der Waals surface area (Å²) in [6.07, 6.45) is -7.33. The minimum atomic E-state index is -4.65. The van der Waals surface area contributed by atoms with E-state index in [1.54, 1.807) is 24.3 Å². The van der Waals surface area contributed by atoms with Gasteiger partial charge in [0.25, 0.3) is 0 Å². The monoisotopic (exact) mass is 497 g/mol. The third kappa shape index (κ3) is 4.84. The summed E-state index contributed by atoms with van der Waals surface area (Å²) >= 11 is 0. The van der Waals surface area contributed by atoms with E-state index < -0.39 is 41.7 Å². The van der Waals surface area contributed by atoms with Crippen molar-refractivity contribution in [1.82, 2.24) is 9.97 Å². The molecule has 1 aromatic carbocycles. The van der Waals surface area contributed by atoms with Gasteiger partial charge in [-0.3, -0.25) is 9.78 Å². The second-order valence-corrected chi connectivity index (χ2v) is 7.92. The zero-order valence-electron chi connectivity index (χ0n) is 17.7. The Morgan fingerprint density at radius 3 is 2.06 bits per heavy atom. The second-order valence-electron chi connectivity index (χ2n) is 7.92. The van der Waals surface area contributed by atoms with Crippen molar-refractivity contribution in [2.24, 2.45) is 0 Å². The number of rotatable bonds is 5. The van der Waals surface area contributed by atoms with Crippen LogP contribution in [0.1, 0.15) is 22.5 Å². The molecule has 1 aliphatic rings. The van der Waals surface area contributed by atoms with Gasteiger partial charge in [-0.05, 0) is 34.9 Å². The van der Waals surface area contributed by atoms with Crippen molar-refractivity contribution in [3.8, 4) is 11.1 Å². The van der Waals surface area contributed by atoms with Gasteiger partial charge in [0.1, 0.15) is 16.8 Å². The topological polar surface area (TPSA) is 84.3 Å². The van der Waals surface area contributed by atoms with E-state index in [-0.39, 0.29) is 24.5 Å². The molecule has 1 saturated heterocycles. The van der Waals surface area contributed by atoms with Crippen molar-refractivity contribution in [2.75, 3.05) is 18.5 Å². The number of hydrogen-bond donors (Lipinski definition) is 2. The zero-order chi connectivity index (χ0) is 25.4. The van der Waals surface area contributed by atoms with Crippen molar-refractivity contribution in [3.05, 3.63) is 77.4 Å². The Balaban J connectivity index is 1.56. The molecule has 184 valence electrons. The van der Waals surface area contributed by atoms with Crippen molar-refractivity contribution in [2.45, 2.75) is 24.4 Å². The standard InChI is InChI=1S/C23H17F6N3O3/c24-22(25,26)18-6-5-16(8-30-18)32-20(34)21(11-35-12-21)15-3-1-13(2-4-15)17-9-31-19(23(27,28)29)7-14(17)10-33/h1-9,33H,10-12H2,(H,32,34). The lowest BCUT2D eigenvalue weighted by molar-refractivity contribution is -0.142. The fourth-order valence-corrected chi connectivity index (χ4v) is 3.63. The summed E-state index contributed by atoms with van der Waals surface area (Å²) in [5.74, 6) is -0.509. The van der Waals surface area contributed by atoms with E-state index in [4.69, 9.17) is 4.74 Å². The largest absolute Gasteiger partial charge is 0.433 e. The van der Waals surface area contributed by atoms with Crippen molar-refractivity contribution >= 4 is 11.6 Å². The maximum absolute atomic E-state index is 13.0. The predicted octanol–water partition coefficient (Wildman–Crippen LogP) is 4.58. The summed E-state index contributed by atoms with van der Waals surface area (Å²) < 4.78 is 82.1. The van der Waals surface area contributed by atoms with Gasteiger partial charge < -0.3 is 15.2 Å². The fourth-order valence-electron chi connectivity index (χ4n) is 3.63. The Labute approximate surface area is 194 Å². The summed E-state index contributed by atoms with van der Waals surface area (Å²) in [5, 5.41) is 12.1. The minimum absolute atomic E-state index is 0.0238. The molecule has 6 nitrogen and oxygen atoms in total. The van der Waals surface area contributed by atoms with E-state index in [0.29, 0.717) is 16.7 Å². The van der Waals surface area contributed by atoms with Gasteiger partial charge in [0.2, 0.25) is 5.91 Å². The average Bonchev–Trinajstić information content (AvgIpc) is 2.77. The number of anilines is 1. The van der Waals surface area contributed by atoms with Crippen LogP contribution < -0.4 is 5.32 Å². The molecule has 0 spiro atoms. The first-order valence-electron chi connectivity index (χ1n) is 10.1. The number of alkyl halides is 6. The molecule has 3 aromatic rings. The SMILES string of the molecule is O=C(Nc1ccc(C(F)(F)F)nc1)C1(c2ccc(-c3cnc(C(F)(F)F)cc3CO)cc2)COC1. The van der Waals surface area contributed by atoms with Crippen LogP contribution in [0.25, 0.3) is 11.1 Å². The van der Waals surface area contributed by atoms with E-state index >= 15 is 0 Å². The predicted molar refractivity (Wildman–Crippen MR) is 111 cm³/mol. The number of amides is 1. The third-order valence-corrected chi connectivity index (χ3v) is 5.64. The smallest absolute Gasteiger partial charge is 0.392 e.